The summed E-state index contributed by atoms with van der Waals surface area (Å²) in [5, 5.41) is 0. The van der Waals surface area contributed by atoms with Crippen molar-refractivity contribution in [3.63, 3.8) is 0 Å². The number of likely N-dealkylation sites (tertiary alicyclic amines) is 1. The predicted molar refractivity (Wildman–Crippen MR) is 104 cm³/mol. The van der Waals surface area contributed by atoms with Crippen LogP contribution in [0.5, 0.6) is 0 Å². The van der Waals surface area contributed by atoms with Gasteiger partial charge in [-0.15, -0.1) is 0 Å². The zero-order chi connectivity index (χ0) is 18.9. The van der Waals surface area contributed by atoms with E-state index >= 15 is 0 Å². The van der Waals surface area contributed by atoms with Crippen molar-refractivity contribution in [2.75, 3.05) is 33.3 Å². The molecular formula is C22H28N2O3. The molecule has 27 heavy (non-hydrogen) atoms. The second-order valence-corrected chi connectivity index (χ2v) is 8.15. The van der Waals surface area contributed by atoms with Crippen LogP contribution in [0.3, 0.4) is 0 Å². The topological polar surface area (TPSA) is 45.9 Å². The SMILES string of the molecule is Cc1ccccc1C(=O)N1CC2(CC[C@H](CN(C)Cc3ccco3)CO2)C1. The minimum atomic E-state index is -0.117. The summed E-state index contributed by atoms with van der Waals surface area (Å²) in [5.41, 5.74) is 1.72. The highest BCUT2D eigenvalue weighted by molar-refractivity contribution is 5.96. The molecule has 2 aliphatic heterocycles. The molecule has 5 nitrogen and oxygen atoms in total. The third-order valence-corrected chi connectivity index (χ3v) is 5.83. The Balaban J connectivity index is 1.24. The van der Waals surface area contributed by atoms with Gasteiger partial charge in [0.25, 0.3) is 5.91 Å². The van der Waals surface area contributed by atoms with E-state index in [9.17, 15) is 4.79 Å². The quantitative estimate of drug-likeness (QED) is 0.812. The van der Waals surface area contributed by atoms with Crippen molar-refractivity contribution in [2.45, 2.75) is 31.9 Å². The van der Waals surface area contributed by atoms with Crippen molar-refractivity contribution in [1.82, 2.24) is 9.80 Å². The summed E-state index contributed by atoms with van der Waals surface area (Å²) in [6.45, 7) is 6.03. The number of amides is 1. The lowest BCUT2D eigenvalue weighted by atomic mass is 9.82. The summed E-state index contributed by atoms with van der Waals surface area (Å²) in [6, 6.07) is 11.7. The van der Waals surface area contributed by atoms with E-state index in [0.29, 0.717) is 5.92 Å². The van der Waals surface area contributed by atoms with Gasteiger partial charge in [0.05, 0.1) is 32.5 Å². The maximum Gasteiger partial charge on any atom is 0.254 e. The van der Waals surface area contributed by atoms with Crippen molar-refractivity contribution in [3.8, 4) is 0 Å². The molecule has 0 N–H and O–H groups in total. The largest absolute Gasteiger partial charge is 0.468 e. The molecule has 0 bridgehead atoms. The molecule has 5 heteroatoms. The van der Waals surface area contributed by atoms with E-state index in [-0.39, 0.29) is 11.5 Å². The monoisotopic (exact) mass is 368 g/mol. The van der Waals surface area contributed by atoms with Crippen LogP contribution in [0.1, 0.15) is 34.5 Å². The van der Waals surface area contributed by atoms with E-state index in [4.69, 9.17) is 9.15 Å². The van der Waals surface area contributed by atoms with E-state index in [1.54, 1.807) is 6.26 Å². The second-order valence-electron chi connectivity index (χ2n) is 8.15. The molecule has 0 radical (unpaired) electrons. The zero-order valence-electron chi connectivity index (χ0n) is 16.2. The molecule has 4 rings (SSSR count). The van der Waals surface area contributed by atoms with Crippen LogP contribution in [0.15, 0.2) is 47.1 Å². The molecule has 1 aromatic carbocycles. The summed E-state index contributed by atoms with van der Waals surface area (Å²) >= 11 is 0. The Morgan fingerprint density at radius 1 is 1.26 bits per heavy atom. The number of aryl methyl sites for hydroxylation is 1. The molecule has 3 heterocycles. The molecular weight excluding hydrogens is 340 g/mol. The Morgan fingerprint density at radius 3 is 2.74 bits per heavy atom. The molecule has 144 valence electrons. The third-order valence-electron chi connectivity index (χ3n) is 5.83. The number of rotatable bonds is 5. The number of carbonyl (C=O) groups excluding carboxylic acids is 1. The highest BCUT2D eigenvalue weighted by atomic mass is 16.5. The number of benzene rings is 1. The fourth-order valence-corrected chi connectivity index (χ4v) is 4.26. The Labute approximate surface area is 160 Å². The Bertz CT molecular complexity index is 771. The fraction of sp³-hybridized carbons (Fsp3) is 0.500. The van der Waals surface area contributed by atoms with Gasteiger partial charge >= 0.3 is 0 Å². The van der Waals surface area contributed by atoms with Crippen LogP contribution in [0.2, 0.25) is 0 Å². The summed E-state index contributed by atoms with van der Waals surface area (Å²) in [5.74, 6) is 1.66. The van der Waals surface area contributed by atoms with E-state index in [2.05, 4.69) is 11.9 Å². The van der Waals surface area contributed by atoms with Crippen molar-refractivity contribution in [3.05, 3.63) is 59.5 Å². The lowest BCUT2D eigenvalue weighted by Gasteiger charge is -2.53. The molecule has 1 atom stereocenters. The highest BCUT2D eigenvalue weighted by Crippen LogP contribution is 2.37. The summed E-state index contributed by atoms with van der Waals surface area (Å²) in [7, 11) is 2.12. The normalized spacial score (nSPS) is 21.4. The maximum atomic E-state index is 12.7. The molecule has 0 saturated carbocycles. The molecule has 1 aromatic heterocycles. The van der Waals surface area contributed by atoms with E-state index in [1.807, 2.05) is 48.2 Å². The number of hydrogen-bond donors (Lipinski definition) is 0. The second kappa shape index (κ2) is 7.49. The van der Waals surface area contributed by atoms with Gasteiger partial charge in [-0.1, -0.05) is 18.2 Å². The number of nitrogens with zero attached hydrogens (tertiary/aromatic N) is 2. The lowest BCUT2D eigenvalue weighted by Crippen LogP contribution is -2.66. The minimum absolute atomic E-state index is 0.117. The molecule has 0 unspecified atom stereocenters. The lowest BCUT2D eigenvalue weighted by molar-refractivity contribution is -0.168. The van der Waals surface area contributed by atoms with Gasteiger partial charge in [-0.2, -0.15) is 0 Å². The maximum absolute atomic E-state index is 12.7. The van der Waals surface area contributed by atoms with Crippen LogP contribution in [0, 0.1) is 12.8 Å². The zero-order valence-corrected chi connectivity index (χ0v) is 16.2. The number of ether oxygens (including phenoxy) is 1. The van der Waals surface area contributed by atoms with Gasteiger partial charge in [-0.05, 0) is 56.5 Å². The van der Waals surface area contributed by atoms with Crippen LogP contribution in [-0.4, -0.2) is 54.6 Å². The molecule has 2 saturated heterocycles. The third kappa shape index (κ3) is 3.94. The molecule has 2 aromatic rings. The predicted octanol–water partition coefficient (Wildman–Crippen LogP) is 3.34. The van der Waals surface area contributed by atoms with E-state index < -0.39 is 0 Å². The van der Waals surface area contributed by atoms with Crippen molar-refractivity contribution in [2.24, 2.45) is 5.92 Å². The highest BCUT2D eigenvalue weighted by Gasteiger charge is 2.48. The van der Waals surface area contributed by atoms with Crippen LogP contribution < -0.4 is 0 Å². The van der Waals surface area contributed by atoms with Gasteiger partial charge in [-0.3, -0.25) is 9.69 Å². The summed E-state index contributed by atoms with van der Waals surface area (Å²) < 4.78 is 11.7. The van der Waals surface area contributed by atoms with Crippen LogP contribution >= 0.6 is 0 Å². The van der Waals surface area contributed by atoms with Crippen molar-refractivity contribution in [1.29, 1.82) is 0 Å². The van der Waals surface area contributed by atoms with Gasteiger partial charge < -0.3 is 14.1 Å². The number of carbonyl (C=O) groups is 1. The van der Waals surface area contributed by atoms with Gasteiger partial charge in [0.2, 0.25) is 0 Å². The van der Waals surface area contributed by atoms with Crippen LogP contribution in [-0.2, 0) is 11.3 Å². The first-order chi connectivity index (χ1) is 13.0. The average molecular weight is 368 g/mol. The molecule has 1 amide bonds. The molecule has 0 aliphatic carbocycles. The van der Waals surface area contributed by atoms with Crippen LogP contribution in [0.4, 0.5) is 0 Å². The Morgan fingerprint density at radius 2 is 2.07 bits per heavy atom. The average Bonchev–Trinajstić information content (AvgIpc) is 3.13. The summed E-state index contributed by atoms with van der Waals surface area (Å²) in [4.78, 5) is 16.9. The van der Waals surface area contributed by atoms with E-state index in [0.717, 1.165) is 62.5 Å². The van der Waals surface area contributed by atoms with Gasteiger partial charge in [-0.25, -0.2) is 0 Å². The van der Waals surface area contributed by atoms with E-state index in [1.165, 1.54) is 0 Å². The minimum Gasteiger partial charge on any atom is -0.468 e. The first-order valence-corrected chi connectivity index (χ1v) is 9.74. The smallest absolute Gasteiger partial charge is 0.254 e. The Kier molecular flexibility index (Phi) is 5.06. The fourth-order valence-electron chi connectivity index (χ4n) is 4.26. The number of furan rings is 1. The van der Waals surface area contributed by atoms with Crippen LogP contribution in [0.25, 0.3) is 0 Å². The first-order valence-electron chi connectivity index (χ1n) is 9.74. The van der Waals surface area contributed by atoms with Gasteiger partial charge in [0.15, 0.2) is 0 Å². The Hall–Kier alpha value is -2.11. The van der Waals surface area contributed by atoms with Gasteiger partial charge in [0.1, 0.15) is 11.4 Å². The standard InChI is InChI=1S/C22H28N2O3/c1-17-6-3-4-8-20(17)21(25)24-15-22(16-24)10-9-18(14-27-22)12-23(2)13-19-7-5-11-26-19/h3-8,11,18H,9-10,12-16H2,1-2H3/t18-/m1/s1. The summed E-state index contributed by atoms with van der Waals surface area (Å²) in [6.07, 6.45) is 3.90. The van der Waals surface area contributed by atoms with Crippen molar-refractivity contribution >= 4 is 5.91 Å². The first kappa shape index (κ1) is 18.3. The molecule has 2 aliphatic rings. The van der Waals surface area contributed by atoms with Gasteiger partial charge in [0, 0.05) is 12.1 Å². The molecule has 1 spiro atoms. The molecule has 2 fully saturated rings. The van der Waals surface area contributed by atoms with Crippen molar-refractivity contribution < 1.29 is 13.9 Å². The number of hydrogen-bond acceptors (Lipinski definition) is 4.